The van der Waals surface area contributed by atoms with Crippen LogP contribution in [-0.2, 0) is 6.42 Å². The number of nitrogens with zero attached hydrogens (tertiary/aromatic N) is 1. The highest BCUT2D eigenvalue weighted by Crippen LogP contribution is 2.42. The normalized spacial score (nSPS) is 17.9. The van der Waals surface area contributed by atoms with Crippen LogP contribution in [0.4, 0.5) is 5.69 Å². The largest absolute Gasteiger partial charge is 0.508 e. The van der Waals surface area contributed by atoms with Gasteiger partial charge in [0.1, 0.15) is 5.75 Å². The molecule has 4 rings (SSSR count). The lowest BCUT2D eigenvalue weighted by atomic mass is 9.95. The summed E-state index contributed by atoms with van der Waals surface area (Å²) in [6.45, 7) is 2.69. The second-order valence-corrected chi connectivity index (χ2v) is 6.56. The number of nitrogens with two attached hydrogens (primary N) is 1. The predicted octanol–water partition coefficient (Wildman–Crippen LogP) is 4.00. The highest BCUT2D eigenvalue weighted by atomic mass is 16.3. The van der Waals surface area contributed by atoms with Crippen LogP contribution in [0.1, 0.15) is 24.1 Å². The van der Waals surface area contributed by atoms with Crippen molar-refractivity contribution in [1.82, 2.24) is 0 Å². The molecule has 1 aliphatic rings. The van der Waals surface area contributed by atoms with Crippen molar-refractivity contribution in [1.29, 1.82) is 0 Å². The standard InChI is InChI=1S/C21H22N2O/c1-14-12-16-7-3-5-9-18(16)23(14)19(13-22)21-17-8-4-2-6-15(17)10-11-20(21)24/h2-11,14,19,24H,12-13,22H2,1H3. The van der Waals surface area contributed by atoms with E-state index in [2.05, 4.69) is 48.2 Å². The number of aromatic hydroxyl groups is 1. The topological polar surface area (TPSA) is 49.5 Å². The van der Waals surface area contributed by atoms with Crippen LogP contribution in [0.15, 0.2) is 60.7 Å². The zero-order valence-corrected chi connectivity index (χ0v) is 13.8. The Balaban J connectivity index is 1.90. The molecular weight excluding hydrogens is 296 g/mol. The monoisotopic (exact) mass is 318 g/mol. The average Bonchev–Trinajstić information content (AvgIpc) is 2.93. The van der Waals surface area contributed by atoms with Crippen LogP contribution in [0.5, 0.6) is 5.75 Å². The Morgan fingerprint density at radius 3 is 2.67 bits per heavy atom. The van der Waals surface area contributed by atoms with Gasteiger partial charge in [0.2, 0.25) is 0 Å². The molecule has 0 spiro atoms. The number of para-hydroxylation sites is 1. The molecule has 0 aromatic heterocycles. The molecule has 1 heterocycles. The quantitative estimate of drug-likeness (QED) is 0.767. The van der Waals surface area contributed by atoms with Crippen molar-refractivity contribution in [2.24, 2.45) is 5.73 Å². The van der Waals surface area contributed by atoms with Crippen molar-refractivity contribution in [3.8, 4) is 5.75 Å². The fourth-order valence-corrected chi connectivity index (χ4v) is 4.07. The summed E-state index contributed by atoms with van der Waals surface area (Å²) in [5.74, 6) is 0.320. The smallest absolute Gasteiger partial charge is 0.121 e. The first-order valence-corrected chi connectivity index (χ1v) is 8.47. The van der Waals surface area contributed by atoms with Gasteiger partial charge in [-0.3, -0.25) is 0 Å². The third-order valence-electron chi connectivity index (χ3n) is 5.10. The minimum Gasteiger partial charge on any atom is -0.508 e. The van der Waals surface area contributed by atoms with E-state index in [1.165, 1.54) is 11.3 Å². The van der Waals surface area contributed by atoms with Crippen molar-refractivity contribution < 1.29 is 5.11 Å². The number of phenols is 1. The van der Waals surface area contributed by atoms with E-state index in [1.807, 2.05) is 18.2 Å². The van der Waals surface area contributed by atoms with Crippen LogP contribution in [-0.4, -0.2) is 17.7 Å². The zero-order chi connectivity index (χ0) is 16.7. The van der Waals surface area contributed by atoms with E-state index in [0.29, 0.717) is 18.3 Å². The molecule has 2 atom stereocenters. The first-order chi connectivity index (χ1) is 11.7. The summed E-state index contributed by atoms with van der Waals surface area (Å²) in [6, 6.07) is 20.7. The molecule has 1 aliphatic heterocycles. The van der Waals surface area contributed by atoms with Crippen LogP contribution in [0, 0.1) is 0 Å². The van der Waals surface area contributed by atoms with E-state index >= 15 is 0 Å². The van der Waals surface area contributed by atoms with Gasteiger partial charge in [0.25, 0.3) is 0 Å². The molecule has 0 bridgehead atoms. The number of hydrogen-bond acceptors (Lipinski definition) is 3. The number of hydrogen-bond donors (Lipinski definition) is 2. The van der Waals surface area contributed by atoms with E-state index in [4.69, 9.17) is 5.73 Å². The highest BCUT2D eigenvalue weighted by molar-refractivity contribution is 5.88. The Kier molecular flexibility index (Phi) is 3.66. The molecule has 3 aromatic carbocycles. The predicted molar refractivity (Wildman–Crippen MR) is 99.5 cm³/mol. The van der Waals surface area contributed by atoms with Gasteiger partial charge in [-0.1, -0.05) is 48.5 Å². The molecule has 0 aliphatic carbocycles. The Morgan fingerprint density at radius 2 is 1.83 bits per heavy atom. The van der Waals surface area contributed by atoms with Crippen molar-refractivity contribution in [3.63, 3.8) is 0 Å². The molecule has 0 amide bonds. The molecule has 2 unspecified atom stereocenters. The van der Waals surface area contributed by atoms with E-state index in [0.717, 1.165) is 22.8 Å². The molecule has 0 saturated heterocycles. The van der Waals surface area contributed by atoms with Crippen LogP contribution in [0.25, 0.3) is 10.8 Å². The molecule has 3 N–H and O–H groups in total. The molecule has 24 heavy (non-hydrogen) atoms. The molecule has 3 nitrogen and oxygen atoms in total. The molecule has 0 saturated carbocycles. The van der Waals surface area contributed by atoms with Crippen LogP contribution in [0.3, 0.4) is 0 Å². The summed E-state index contributed by atoms with van der Waals surface area (Å²) in [7, 11) is 0. The summed E-state index contributed by atoms with van der Waals surface area (Å²) in [5.41, 5.74) is 9.72. The number of benzene rings is 3. The van der Waals surface area contributed by atoms with E-state index < -0.39 is 0 Å². The zero-order valence-electron chi connectivity index (χ0n) is 13.8. The van der Waals surface area contributed by atoms with Gasteiger partial charge in [-0.05, 0) is 41.8 Å². The van der Waals surface area contributed by atoms with Gasteiger partial charge < -0.3 is 15.7 Å². The van der Waals surface area contributed by atoms with E-state index in [9.17, 15) is 5.11 Å². The van der Waals surface area contributed by atoms with Gasteiger partial charge in [-0.15, -0.1) is 0 Å². The summed E-state index contributed by atoms with van der Waals surface area (Å²) in [4.78, 5) is 2.37. The fourth-order valence-electron chi connectivity index (χ4n) is 4.07. The lowest BCUT2D eigenvalue weighted by molar-refractivity contribution is 0.456. The third-order valence-corrected chi connectivity index (χ3v) is 5.10. The van der Waals surface area contributed by atoms with Crippen LogP contribution >= 0.6 is 0 Å². The Bertz CT molecular complexity index is 890. The summed E-state index contributed by atoms with van der Waals surface area (Å²) < 4.78 is 0. The molecule has 3 aromatic rings. The van der Waals surface area contributed by atoms with Gasteiger partial charge >= 0.3 is 0 Å². The SMILES string of the molecule is CC1Cc2ccccc2N1C(CN)c1c(O)ccc2ccccc12. The first-order valence-electron chi connectivity index (χ1n) is 8.47. The van der Waals surface area contributed by atoms with Crippen molar-refractivity contribution in [2.45, 2.75) is 25.4 Å². The van der Waals surface area contributed by atoms with Crippen molar-refractivity contribution in [3.05, 3.63) is 71.8 Å². The van der Waals surface area contributed by atoms with Gasteiger partial charge in [-0.2, -0.15) is 0 Å². The molecule has 0 fully saturated rings. The lowest BCUT2D eigenvalue weighted by Crippen LogP contribution is -2.37. The van der Waals surface area contributed by atoms with Gasteiger partial charge in [0.05, 0.1) is 6.04 Å². The molecule has 3 heteroatoms. The van der Waals surface area contributed by atoms with Crippen LogP contribution < -0.4 is 10.6 Å². The Labute approximate surface area is 142 Å². The minimum absolute atomic E-state index is 0.0465. The molecule has 122 valence electrons. The summed E-state index contributed by atoms with van der Waals surface area (Å²) in [5, 5.41) is 12.8. The first kappa shape index (κ1) is 15.0. The average molecular weight is 318 g/mol. The van der Waals surface area contributed by atoms with Crippen molar-refractivity contribution in [2.75, 3.05) is 11.4 Å². The summed E-state index contributed by atoms with van der Waals surface area (Å²) >= 11 is 0. The molecular formula is C21H22N2O. The van der Waals surface area contributed by atoms with Crippen molar-refractivity contribution >= 4 is 16.5 Å². The maximum Gasteiger partial charge on any atom is 0.121 e. The summed E-state index contributed by atoms with van der Waals surface area (Å²) in [6.07, 6.45) is 1.01. The third kappa shape index (κ3) is 2.24. The Hall–Kier alpha value is -2.52. The minimum atomic E-state index is -0.0465. The van der Waals surface area contributed by atoms with E-state index in [-0.39, 0.29) is 6.04 Å². The van der Waals surface area contributed by atoms with Gasteiger partial charge in [-0.25, -0.2) is 0 Å². The maximum atomic E-state index is 10.6. The fraction of sp³-hybridized carbons (Fsp3) is 0.238. The van der Waals surface area contributed by atoms with Crippen LogP contribution in [0.2, 0.25) is 0 Å². The van der Waals surface area contributed by atoms with Gasteiger partial charge in [0.15, 0.2) is 0 Å². The molecule has 0 radical (unpaired) electrons. The second kappa shape index (κ2) is 5.84. The number of phenolic OH excluding ortho intramolecular Hbond substituents is 1. The Morgan fingerprint density at radius 1 is 1.08 bits per heavy atom. The van der Waals surface area contributed by atoms with E-state index in [1.54, 1.807) is 6.07 Å². The number of fused-ring (bicyclic) bond motifs is 2. The number of rotatable bonds is 3. The maximum absolute atomic E-state index is 10.6. The lowest BCUT2D eigenvalue weighted by Gasteiger charge is -2.35. The highest BCUT2D eigenvalue weighted by Gasteiger charge is 2.33. The number of anilines is 1. The van der Waals surface area contributed by atoms with Gasteiger partial charge in [0, 0.05) is 23.8 Å². The second-order valence-electron chi connectivity index (χ2n) is 6.56.